The van der Waals surface area contributed by atoms with Gasteiger partial charge in [0.15, 0.2) is 0 Å². The minimum Gasteiger partial charge on any atom is -0.379 e. The van der Waals surface area contributed by atoms with E-state index in [1.807, 2.05) is 0 Å². The summed E-state index contributed by atoms with van der Waals surface area (Å²) in [6.07, 6.45) is 11.1. The summed E-state index contributed by atoms with van der Waals surface area (Å²) >= 11 is 4.26. The Kier molecular flexibility index (Phi) is 9.10. The third-order valence-electron chi connectivity index (χ3n) is 4.94. The molecule has 1 unspecified atom stereocenters. The van der Waals surface area contributed by atoms with Gasteiger partial charge in [-0.1, -0.05) is 32.1 Å². The number of hydrogen-bond donors (Lipinski definition) is 1. The van der Waals surface area contributed by atoms with E-state index < -0.39 is 0 Å². The second kappa shape index (κ2) is 10.9. The van der Waals surface area contributed by atoms with Crippen LogP contribution < -0.4 is 0 Å². The van der Waals surface area contributed by atoms with Crippen LogP contribution in [0.2, 0.25) is 0 Å². The summed E-state index contributed by atoms with van der Waals surface area (Å²) in [5, 5.41) is 0. The molecule has 0 aromatic heterocycles. The lowest BCUT2D eigenvalue weighted by atomic mass is 10.1. The summed E-state index contributed by atoms with van der Waals surface area (Å²) in [5.41, 5.74) is 0. The normalized spacial score (nSPS) is 24.7. The molecule has 0 amide bonds. The lowest BCUT2D eigenvalue weighted by Gasteiger charge is -2.32. The van der Waals surface area contributed by atoms with Crippen LogP contribution in [0.15, 0.2) is 0 Å². The first-order valence-corrected chi connectivity index (χ1v) is 9.68. The van der Waals surface area contributed by atoms with Crippen LogP contribution in [0.4, 0.5) is 0 Å². The highest BCUT2D eigenvalue weighted by molar-refractivity contribution is 7.80. The maximum Gasteiger partial charge on any atom is 0.0594 e. The van der Waals surface area contributed by atoms with Crippen molar-refractivity contribution in [1.29, 1.82) is 0 Å². The molecule has 0 saturated carbocycles. The Morgan fingerprint density at radius 3 is 2.24 bits per heavy atom. The van der Waals surface area contributed by atoms with Crippen LogP contribution in [-0.2, 0) is 4.74 Å². The van der Waals surface area contributed by atoms with Crippen molar-refractivity contribution in [2.24, 2.45) is 0 Å². The first-order valence-electron chi connectivity index (χ1n) is 9.05. The lowest BCUT2D eigenvalue weighted by molar-refractivity contribution is 0.0185. The first kappa shape index (κ1) is 17.6. The van der Waals surface area contributed by atoms with Crippen molar-refractivity contribution < 1.29 is 4.74 Å². The van der Waals surface area contributed by atoms with Crippen LogP contribution in [0.3, 0.4) is 0 Å². The fourth-order valence-electron chi connectivity index (χ4n) is 3.59. The second-order valence-electron chi connectivity index (χ2n) is 6.59. The summed E-state index contributed by atoms with van der Waals surface area (Å²) in [6, 6.07) is 0.801. The summed E-state index contributed by atoms with van der Waals surface area (Å²) in [4.78, 5) is 5.33. The maximum atomic E-state index is 5.45. The van der Waals surface area contributed by atoms with Gasteiger partial charge in [0.05, 0.1) is 13.2 Å². The molecule has 0 aliphatic carbocycles. The topological polar surface area (TPSA) is 15.7 Å². The van der Waals surface area contributed by atoms with Gasteiger partial charge in [-0.15, -0.1) is 0 Å². The zero-order valence-corrected chi connectivity index (χ0v) is 14.5. The molecule has 2 aliphatic heterocycles. The molecule has 0 spiro atoms. The minimum atomic E-state index is 0.801. The number of likely N-dealkylation sites (tertiary alicyclic amines) is 1. The molecule has 1 atom stereocenters. The Morgan fingerprint density at radius 2 is 1.52 bits per heavy atom. The standard InChI is InChI=1S/C17H34N2OS/c21-15-7-5-3-1-2-4-6-9-18-10-8-17(16-18)19-11-13-20-14-12-19/h17,21H,1-16H2. The van der Waals surface area contributed by atoms with Crippen molar-refractivity contribution in [3.8, 4) is 0 Å². The molecule has 0 aromatic rings. The Balaban J connectivity index is 1.45. The number of ether oxygens (including phenoxy) is 1. The largest absolute Gasteiger partial charge is 0.379 e. The summed E-state index contributed by atoms with van der Waals surface area (Å²) in [5.74, 6) is 1.05. The van der Waals surface area contributed by atoms with Crippen molar-refractivity contribution >= 4 is 12.6 Å². The van der Waals surface area contributed by atoms with E-state index in [4.69, 9.17) is 4.74 Å². The molecule has 0 bridgehead atoms. The highest BCUT2D eigenvalue weighted by atomic mass is 32.1. The van der Waals surface area contributed by atoms with E-state index in [2.05, 4.69) is 22.4 Å². The van der Waals surface area contributed by atoms with Gasteiger partial charge >= 0.3 is 0 Å². The number of unbranched alkanes of at least 4 members (excludes halogenated alkanes) is 6. The predicted octanol–water partition coefficient (Wildman–Crippen LogP) is 3.05. The van der Waals surface area contributed by atoms with E-state index in [9.17, 15) is 0 Å². The van der Waals surface area contributed by atoms with E-state index >= 15 is 0 Å². The molecule has 2 saturated heterocycles. The molecular formula is C17H34N2OS. The van der Waals surface area contributed by atoms with Gasteiger partial charge in [-0.05, 0) is 38.1 Å². The Morgan fingerprint density at radius 1 is 0.857 bits per heavy atom. The van der Waals surface area contributed by atoms with Gasteiger partial charge in [-0.2, -0.15) is 12.6 Å². The Hall–Kier alpha value is 0.230. The van der Waals surface area contributed by atoms with E-state index in [0.29, 0.717) is 0 Å². The van der Waals surface area contributed by atoms with Crippen molar-refractivity contribution in [3.05, 3.63) is 0 Å². The SMILES string of the molecule is SCCCCCCCCCN1CCC(N2CCOCC2)C1. The molecular weight excluding hydrogens is 280 g/mol. The molecule has 2 heterocycles. The molecule has 21 heavy (non-hydrogen) atoms. The molecule has 3 nitrogen and oxygen atoms in total. The monoisotopic (exact) mass is 314 g/mol. The summed E-state index contributed by atoms with van der Waals surface area (Å²) < 4.78 is 5.45. The van der Waals surface area contributed by atoms with Gasteiger partial charge in [0, 0.05) is 25.7 Å². The van der Waals surface area contributed by atoms with Gasteiger partial charge in [0.1, 0.15) is 0 Å². The van der Waals surface area contributed by atoms with Crippen molar-refractivity contribution in [1.82, 2.24) is 9.80 Å². The quantitative estimate of drug-likeness (QED) is 0.493. The molecule has 0 N–H and O–H groups in total. The fraction of sp³-hybridized carbons (Fsp3) is 1.00. The zero-order valence-electron chi connectivity index (χ0n) is 13.6. The predicted molar refractivity (Wildman–Crippen MR) is 93.4 cm³/mol. The van der Waals surface area contributed by atoms with Crippen molar-refractivity contribution in [2.75, 3.05) is 51.7 Å². The van der Waals surface area contributed by atoms with Crippen LogP contribution in [0.25, 0.3) is 0 Å². The van der Waals surface area contributed by atoms with E-state index in [1.54, 1.807) is 0 Å². The number of rotatable bonds is 10. The molecule has 0 radical (unpaired) electrons. The summed E-state index contributed by atoms with van der Waals surface area (Å²) in [7, 11) is 0. The lowest BCUT2D eigenvalue weighted by Crippen LogP contribution is -2.44. The molecule has 4 heteroatoms. The zero-order chi connectivity index (χ0) is 14.8. The maximum absolute atomic E-state index is 5.45. The first-order chi connectivity index (χ1) is 10.4. The molecule has 124 valence electrons. The van der Waals surface area contributed by atoms with Crippen LogP contribution >= 0.6 is 12.6 Å². The van der Waals surface area contributed by atoms with Crippen LogP contribution in [0.1, 0.15) is 51.4 Å². The van der Waals surface area contributed by atoms with E-state index in [0.717, 1.165) is 38.1 Å². The third-order valence-corrected chi connectivity index (χ3v) is 5.26. The van der Waals surface area contributed by atoms with Gasteiger partial charge in [-0.25, -0.2) is 0 Å². The van der Waals surface area contributed by atoms with Gasteiger partial charge < -0.3 is 9.64 Å². The Bertz CT molecular complexity index is 259. The van der Waals surface area contributed by atoms with E-state index in [-0.39, 0.29) is 0 Å². The van der Waals surface area contributed by atoms with E-state index in [1.165, 1.54) is 71.0 Å². The average molecular weight is 315 g/mol. The highest BCUT2D eigenvalue weighted by Crippen LogP contribution is 2.18. The number of morpholine rings is 1. The molecule has 2 rings (SSSR count). The fourth-order valence-corrected chi connectivity index (χ4v) is 3.81. The number of hydrogen-bond acceptors (Lipinski definition) is 4. The number of nitrogens with zero attached hydrogens (tertiary/aromatic N) is 2. The van der Waals surface area contributed by atoms with Gasteiger partial charge in [-0.3, -0.25) is 4.90 Å². The Labute approximate surface area is 136 Å². The second-order valence-corrected chi connectivity index (χ2v) is 7.04. The van der Waals surface area contributed by atoms with Crippen LogP contribution in [0.5, 0.6) is 0 Å². The van der Waals surface area contributed by atoms with Gasteiger partial charge in [0.25, 0.3) is 0 Å². The average Bonchev–Trinajstić information content (AvgIpc) is 3.00. The highest BCUT2D eigenvalue weighted by Gasteiger charge is 2.28. The summed E-state index contributed by atoms with van der Waals surface area (Å²) in [6.45, 7) is 8.08. The van der Waals surface area contributed by atoms with Crippen LogP contribution in [0, 0.1) is 0 Å². The van der Waals surface area contributed by atoms with Crippen molar-refractivity contribution in [2.45, 2.75) is 57.4 Å². The minimum absolute atomic E-state index is 0.801. The molecule has 2 fully saturated rings. The van der Waals surface area contributed by atoms with Gasteiger partial charge in [0.2, 0.25) is 0 Å². The molecule has 2 aliphatic rings. The molecule has 0 aromatic carbocycles. The number of thiol groups is 1. The van der Waals surface area contributed by atoms with Crippen molar-refractivity contribution in [3.63, 3.8) is 0 Å². The third kappa shape index (κ3) is 6.89. The van der Waals surface area contributed by atoms with Crippen LogP contribution in [-0.4, -0.2) is 67.5 Å². The smallest absolute Gasteiger partial charge is 0.0594 e.